The average molecular weight is 408 g/mol. The molecule has 1 aromatic carbocycles. The molecule has 1 N–H and O–H groups in total. The van der Waals surface area contributed by atoms with Crippen LogP contribution in [0.4, 0.5) is 5.69 Å². The van der Waals surface area contributed by atoms with Gasteiger partial charge in [0.25, 0.3) is 5.91 Å². The summed E-state index contributed by atoms with van der Waals surface area (Å²) in [6, 6.07) is 12.8. The molecule has 1 atom stereocenters. The number of benzene rings is 1. The molecule has 3 heterocycles. The van der Waals surface area contributed by atoms with Crippen LogP contribution in [-0.2, 0) is 16.1 Å². The minimum Gasteiger partial charge on any atom is -0.463 e. The van der Waals surface area contributed by atoms with Crippen molar-refractivity contribution in [2.45, 2.75) is 25.9 Å². The number of rotatable bonds is 6. The lowest BCUT2D eigenvalue weighted by Crippen LogP contribution is -2.65. The van der Waals surface area contributed by atoms with Crippen molar-refractivity contribution in [3.63, 3.8) is 0 Å². The van der Waals surface area contributed by atoms with Gasteiger partial charge in [-0.25, -0.2) is 0 Å². The number of furan rings is 1. The summed E-state index contributed by atoms with van der Waals surface area (Å²) in [5.74, 6) is 0.0143. The Morgan fingerprint density at radius 1 is 1.30 bits per heavy atom. The Bertz CT molecular complexity index is 1070. The summed E-state index contributed by atoms with van der Waals surface area (Å²) in [6.07, 6.45) is 1.56. The van der Waals surface area contributed by atoms with Gasteiger partial charge in [0.2, 0.25) is 5.91 Å². The van der Waals surface area contributed by atoms with Gasteiger partial charge in [0.1, 0.15) is 16.9 Å². The van der Waals surface area contributed by atoms with E-state index in [-0.39, 0.29) is 18.4 Å². The van der Waals surface area contributed by atoms with Gasteiger partial charge in [-0.2, -0.15) is 5.10 Å². The highest BCUT2D eigenvalue weighted by Crippen LogP contribution is 2.35. The average Bonchev–Trinajstić information content (AvgIpc) is 3.39. The first-order chi connectivity index (χ1) is 14.5. The fourth-order valence-corrected chi connectivity index (χ4v) is 3.78. The Morgan fingerprint density at radius 3 is 2.80 bits per heavy atom. The van der Waals surface area contributed by atoms with Crippen molar-refractivity contribution in [3.05, 3.63) is 60.0 Å². The first kappa shape index (κ1) is 19.9. The fraction of sp³-hybridized carbons (Fsp3) is 0.318. The van der Waals surface area contributed by atoms with Crippen molar-refractivity contribution in [2.75, 3.05) is 25.2 Å². The molecule has 156 valence electrons. The van der Waals surface area contributed by atoms with Crippen molar-refractivity contribution in [3.8, 4) is 11.5 Å². The standard InChI is InChI=1S/C22H24N4O4/c1-15-7-4-5-8-17(15)26-20(27)18-13-16(19-9-6-11-30-19)24-25(18)14-22(26,2)21(28)23-10-12-29-3/h4-9,11,13H,10,12,14H2,1-3H3,(H,23,28). The van der Waals surface area contributed by atoms with Crippen molar-refractivity contribution in [1.82, 2.24) is 15.1 Å². The van der Waals surface area contributed by atoms with Crippen LogP contribution in [0.5, 0.6) is 0 Å². The number of fused-ring (bicyclic) bond motifs is 1. The number of aromatic nitrogens is 2. The maximum Gasteiger partial charge on any atom is 0.277 e. The van der Waals surface area contributed by atoms with Gasteiger partial charge >= 0.3 is 0 Å². The summed E-state index contributed by atoms with van der Waals surface area (Å²) in [6.45, 7) is 4.63. The van der Waals surface area contributed by atoms with Gasteiger partial charge in [-0.05, 0) is 37.6 Å². The number of ether oxygens (including phenoxy) is 1. The molecule has 0 radical (unpaired) electrons. The van der Waals surface area contributed by atoms with Crippen molar-refractivity contribution >= 4 is 17.5 Å². The van der Waals surface area contributed by atoms with Gasteiger partial charge in [-0.1, -0.05) is 18.2 Å². The Hall–Kier alpha value is -3.39. The molecule has 1 aliphatic rings. The predicted octanol–water partition coefficient (Wildman–Crippen LogP) is 2.63. The van der Waals surface area contributed by atoms with Crippen molar-refractivity contribution in [2.24, 2.45) is 0 Å². The minimum absolute atomic E-state index is 0.210. The fourth-order valence-electron chi connectivity index (χ4n) is 3.78. The topological polar surface area (TPSA) is 89.6 Å². The quantitative estimate of drug-likeness (QED) is 0.634. The highest BCUT2D eigenvalue weighted by Gasteiger charge is 2.49. The summed E-state index contributed by atoms with van der Waals surface area (Å²) in [5.41, 5.74) is 1.39. The van der Waals surface area contributed by atoms with Crippen molar-refractivity contribution < 1.29 is 18.7 Å². The van der Waals surface area contributed by atoms with Gasteiger partial charge in [-0.15, -0.1) is 0 Å². The number of nitrogens with one attached hydrogen (secondary N) is 1. The number of nitrogens with zero attached hydrogens (tertiary/aromatic N) is 3. The molecule has 0 fully saturated rings. The molecule has 0 saturated carbocycles. The van der Waals surface area contributed by atoms with Crippen LogP contribution in [0.15, 0.2) is 53.1 Å². The molecule has 3 aromatic rings. The molecule has 0 saturated heterocycles. The molecule has 0 spiro atoms. The number of carbonyl (C=O) groups is 2. The second-order valence-electron chi connectivity index (χ2n) is 7.50. The SMILES string of the molecule is COCCNC(=O)C1(C)Cn2nc(-c3ccco3)cc2C(=O)N1c1ccccc1C. The van der Waals surface area contributed by atoms with E-state index in [0.29, 0.717) is 36.0 Å². The zero-order valence-corrected chi connectivity index (χ0v) is 17.2. The Balaban J connectivity index is 1.80. The third kappa shape index (κ3) is 3.29. The number of amides is 2. The van der Waals surface area contributed by atoms with Crippen LogP contribution < -0.4 is 10.2 Å². The smallest absolute Gasteiger partial charge is 0.277 e. The van der Waals surface area contributed by atoms with Gasteiger partial charge in [0, 0.05) is 25.4 Å². The lowest BCUT2D eigenvalue weighted by Gasteiger charge is -2.43. The number of methoxy groups -OCH3 is 1. The highest BCUT2D eigenvalue weighted by molar-refractivity contribution is 6.12. The van der Waals surface area contributed by atoms with Crippen LogP contribution in [-0.4, -0.2) is 47.4 Å². The van der Waals surface area contributed by atoms with E-state index in [2.05, 4.69) is 10.4 Å². The third-order valence-electron chi connectivity index (χ3n) is 5.36. The molecule has 8 nitrogen and oxygen atoms in total. The number of anilines is 1. The summed E-state index contributed by atoms with van der Waals surface area (Å²) in [4.78, 5) is 28.5. The second kappa shape index (κ2) is 7.79. The summed E-state index contributed by atoms with van der Waals surface area (Å²) >= 11 is 0. The lowest BCUT2D eigenvalue weighted by atomic mass is 9.93. The molecule has 2 aromatic heterocycles. The number of hydrogen-bond acceptors (Lipinski definition) is 5. The number of carbonyl (C=O) groups excluding carboxylic acids is 2. The highest BCUT2D eigenvalue weighted by atomic mass is 16.5. The van der Waals surface area contributed by atoms with Crippen LogP contribution in [0.3, 0.4) is 0 Å². The second-order valence-corrected chi connectivity index (χ2v) is 7.50. The Kier molecular flexibility index (Phi) is 5.17. The van der Waals surface area contributed by atoms with Crippen LogP contribution in [0, 0.1) is 6.92 Å². The van der Waals surface area contributed by atoms with Gasteiger partial charge in [0.05, 0.1) is 19.4 Å². The van der Waals surface area contributed by atoms with E-state index >= 15 is 0 Å². The summed E-state index contributed by atoms with van der Waals surface area (Å²) in [5, 5.41) is 7.42. The largest absolute Gasteiger partial charge is 0.463 e. The molecule has 8 heteroatoms. The van der Waals surface area contributed by atoms with E-state index in [1.807, 2.05) is 31.2 Å². The lowest BCUT2D eigenvalue weighted by molar-refractivity contribution is -0.126. The van der Waals surface area contributed by atoms with E-state index in [1.54, 1.807) is 48.1 Å². The van der Waals surface area contributed by atoms with E-state index < -0.39 is 5.54 Å². The maximum absolute atomic E-state index is 13.6. The Labute approximate surface area is 174 Å². The molecule has 1 aliphatic heterocycles. The minimum atomic E-state index is -1.17. The zero-order valence-electron chi connectivity index (χ0n) is 17.2. The van der Waals surface area contributed by atoms with Gasteiger partial charge in [-0.3, -0.25) is 19.2 Å². The van der Waals surface area contributed by atoms with E-state index in [9.17, 15) is 9.59 Å². The maximum atomic E-state index is 13.6. The predicted molar refractivity (Wildman–Crippen MR) is 111 cm³/mol. The van der Waals surface area contributed by atoms with Crippen LogP contribution in [0.1, 0.15) is 23.0 Å². The summed E-state index contributed by atoms with van der Waals surface area (Å²) in [7, 11) is 1.57. The van der Waals surface area contributed by atoms with Crippen molar-refractivity contribution in [1.29, 1.82) is 0 Å². The Morgan fingerprint density at radius 2 is 2.10 bits per heavy atom. The molecule has 0 bridgehead atoms. The van der Waals surface area contributed by atoms with Gasteiger partial charge in [0.15, 0.2) is 5.76 Å². The van der Waals surface area contributed by atoms with E-state index in [0.717, 1.165) is 5.56 Å². The number of aryl methyl sites for hydroxylation is 1. The zero-order chi connectivity index (χ0) is 21.3. The number of para-hydroxylation sites is 1. The molecule has 0 aliphatic carbocycles. The molecule has 30 heavy (non-hydrogen) atoms. The first-order valence-corrected chi connectivity index (χ1v) is 9.75. The van der Waals surface area contributed by atoms with Crippen LogP contribution in [0.2, 0.25) is 0 Å². The van der Waals surface area contributed by atoms with Crippen LogP contribution in [0.25, 0.3) is 11.5 Å². The molecule has 2 amide bonds. The molecule has 1 unspecified atom stereocenters. The number of hydrogen-bond donors (Lipinski definition) is 1. The van der Waals surface area contributed by atoms with E-state index in [4.69, 9.17) is 9.15 Å². The normalized spacial score (nSPS) is 18.4. The van der Waals surface area contributed by atoms with Gasteiger partial charge < -0.3 is 14.5 Å². The summed E-state index contributed by atoms with van der Waals surface area (Å²) < 4.78 is 12.1. The van der Waals surface area contributed by atoms with Crippen LogP contribution >= 0.6 is 0 Å². The monoisotopic (exact) mass is 408 g/mol. The molecular weight excluding hydrogens is 384 g/mol. The molecular formula is C22H24N4O4. The first-order valence-electron chi connectivity index (χ1n) is 9.75. The van der Waals surface area contributed by atoms with E-state index in [1.165, 1.54) is 0 Å². The third-order valence-corrected chi connectivity index (χ3v) is 5.36. The molecule has 4 rings (SSSR count).